The van der Waals surface area contributed by atoms with Gasteiger partial charge in [-0.1, -0.05) is 0 Å². The van der Waals surface area contributed by atoms with Crippen LogP contribution in [-0.2, 0) is 17.9 Å². The van der Waals surface area contributed by atoms with Gasteiger partial charge in [-0.2, -0.15) is 10.2 Å². The summed E-state index contributed by atoms with van der Waals surface area (Å²) in [6.45, 7) is 10.4. The molecule has 7 nitrogen and oxygen atoms in total. The molecule has 146 valence electrons. The summed E-state index contributed by atoms with van der Waals surface area (Å²) in [7, 11) is 0. The predicted octanol–water partition coefficient (Wildman–Crippen LogP) is 2.90. The van der Waals surface area contributed by atoms with E-state index in [1.54, 1.807) is 6.20 Å². The molecular weight excluding hydrogens is 340 g/mol. The maximum absolute atomic E-state index is 12.1. The number of nitrogens with zero attached hydrogens (tertiary/aromatic N) is 5. The zero-order valence-corrected chi connectivity index (χ0v) is 16.6. The van der Waals surface area contributed by atoms with Crippen molar-refractivity contribution < 1.29 is 4.79 Å². The highest BCUT2D eigenvalue weighted by atomic mass is 16.2. The monoisotopic (exact) mass is 370 g/mol. The van der Waals surface area contributed by atoms with E-state index in [0.717, 1.165) is 63.4 Å². The van der Waals surface area contributed by atoms with E-state index in [1.165, 1.54) is 11.3 Å². The third kappa shape index (κ3) is 3.78. The molecule has 0 atom stereocenters. The number of likely N-dealkylation sites (tertiary alicyclic amines) is 1. The van der Waals surface area contributed by atoms with Gasteiger partial charge >= 0.3 is 0 Å². The average molecular weight is 371 g/mol. The fourth-order valence-electron chi connectivity index (χ4n) is 4.09. The summed E-state index contributed by atoms with van der Waals surface area (Å²) >= 11 is 0. The number of carbonyl (C=O) groups excluding carboxylic acids is 1. The normalized spacial score (nSPS) is 18.8. The van der Waals surface area contributed by atoms with E-state index in [0.29, 0.717) is 6.04 Å². The third-order valence-corrected chi connectivity index (χ3v) is 5.99. The second-order valence-corrected chi connectivity index (χ2v) is 7.90. The molecule has 0 aromatic carbocycles. The lowest BCUT2D eigenvalue weighted by atomic mass is 10.0. The number of aryl methyl sites for hydroxylation is 2. The van der Waals surface area contributed by atoms with Crippen molar-refractivity contribution in [2.24, 2.45) is 5.92 Å². The Morgan fingerprint density at radius 2 is 1.96 bits per heavy atom. The molecule has 1 N–H and O–H groups in total. The SMILES string of the molecule is CCn1nc(C)c(CN2CCC(n3nccc3NC(=O)C3CC3)CC2)c1C. The highest BCUT2D eigenvalue weighted by Crippen LogP contribution is 2.31. The lowest BCUT2D eigenvalue weighted by molar-refractivity contribution is -0.117. The molecule has 0 unspecified atom stereocenters. The molecule has 2 aromatic heterocycles. The summed E-state index contributed by atoms with van der Waals surface area (Å²) in [5.74, 6) is 1.21. The Hall–Kier alpha value is -2.15. The van der Waals surface area contributed by atoms with Gasteiger partial charge in [-0.05, 0) is 46.5 Å². The summed E-state index contributed by atoms with van der Waals surface area (Å²) in [6.07, 6.45) is 5.93. The van der Waals surface area contributed by atoms with Crippen molar-refractivity contribution in [2.45, 2.75) is 65.6 Å². The van der Waals surface area contributed by atoms with Crippen LogP contribution in [0.1, 0.15) is 55.6 Å². The number of piperidine rings is 1. The van der Waals surface area contributed by atoms with Crippen LogP contribution in [0.25, 0.3) is 0 Å². The maximum Gasteiger partial charge on any atom is 0.228 e. The van der Waals surface area contributed by atoms with E-state index in [4.69, 9.17) is 0 Å². The first-order valence-corrected chi connectivity index (χ1v) is 10.2. The standard InChI is InChI=1S/C20H30N6O/c1-4-25-15(3)18(14(2)23-25)13-24-11-8-17(9-12-24)26-19(7-10-21-26)22-20(27)16-5-6-16/h7,10,16-17H,4-6,8-9,11-13H2,1-3H3,(H,22,27). The molecule has 1 saturated heterocycles. The summed E-state index contributed by atoms with van der Waals surface area (Å²) in [5, 5.41) is 12.2. The first-order valence-electron chi connectivity index (χ1n) is 10.2. The van der Waals surface area contributed by atoms with Crippen molar-refractivity contribution in [2.75, 3.05) is 18.4 Å². The highest BCUT2D eigenvalue weighted by molar-refractivity contribution is 5.93. The van der Waals surface area contributed by atoms with Crippen LogP contribution in [0.2, 0.25) is 0 Å². The number of rotatable bonds is 6. The minimum Gasteiger partial charge on any atom is -0.311 e. The summed E-state index contributed by atoms with van der Waals surface area (Å²) in [5.41, 5.74) is 3.80. The second kappa shape index (κ2) is 7.46. The van der Waals surface area contributed by atoms with Crippen molar-refractivity contribution in [1.82, 2.24) is 24.5 Å². The Morgan fingerprint density at radius 3 is 2.59 bits per heavy atom. The van der Waals surface area contributed by atoms with Gasteiger partial charge in [0.05, 0.1) is 17.9 Å². The molecule has 1 amide bonds. The van der Waals surface area contributed by atoms with Gasteiger partial charge in [-0.15, -0.1) is 0 Å². The van der Waals surface area contributed by atoms with Crippen molar-refractivity contribution in [3.8, 4) is 0 Å². The quantitative estimate of drug-likeness (QED) is 0.849. The number of hydrogen-bond acceptors (Lipinski definition) is 4. The smallest absolute Gasteiger partial charge is 0.228 e. The number of aromatic nitrogens is 4. The van der Waals surface area contributed by atoms with Gasteiger partial charge in [0.1, 0.15) is 5.82 Å². The molecule has 2 aliphatic rings. The van der Waals surface area contributed by atoms with Gasteiger partial charge in [-0.3, -0.25) is 14.4 Å². The Bertz CT molecular complexity index is 811. The minimum atomic E-state index is 0.146. The van der Waals surface area contributed by atoms with E-state index < -0.39 is 0 Å². The fourth-order valence-corrected chi connectivity index (χ4v) is 4.09. The van der Waals surface area contributed by atoms with E-state index in [2.05, 4.69) is 45.9 Å². The summed E-state index contributed by atoms with van der Waals surface area (Å²) in [4.78, 5) is 14.6. The van der Waals surface area contributed by atoms with Crippen LogP contribution in [0.5, 0.6) is 0 Å². The summed E-state index contributed by atoms with van der Waals surface area (Å²) < 4.78 is 4.11. The topological polar surface area (TPSA) is 68.0 Å². The summed E-state index contributed by atoms with van der Waals surface area (Å²) in [6, 6.07) is 2.27. The lowest BCUT2D eigenvalue weighted by Crippen LogP contribution is -2.35. The molecule has 2 aromatic rings. The number of carbonyl (C=O) groups is 1. The first kappa shape index (κ1) is 18.2. The van der Waals surface area contributed by atoms with Crippen molar-refractivity contribution in [3.63, 3.8) is 0 Å². The van der Waals surface area contributed by atoms with E-state index in [-0.39, 0.29) is 11.8 Å². The number of nitrogens with one attached hydrogen (secondary N) is 1. The van der Waals surface area contributed by atoms with E-state index in [1.807, 2.05) is 10.7 Å². The van der Waals surface area contributed by atoms with E-state index >= 15 is 0 Å². The molecule has 4 rings (SSSR count). The largest absolute Gasteiger partial charge is 0.311 e. The van der Waals surface area contributed by atoms with Gasteiger partial charge in [-0.25, -0.2) is 4.68 Å². The molecule has 27 heavy (non-hydrogen) atoms. The molecule has 3 heterocycles. The Labute approximate surface area is 160 Å². The highest BCUT2D eigenvalue weighted by Gasteiger charge is 2.31. The predicted molar refractivity (Wildman–Crippen MR) is 105 cm³/mol. The van der Waals surface area contributed by atoms with Crippen molar-refractivity contribution >= 4 is 11.7 Å². The van der Waals surface area contributed by atoms with Crippen LogP contribution in [0.3, 0.4) is 0 Å². The van der Waals surface area contributed by atoms with Gasteiger partial charge in [0.25, 0.3) is 0 Å². The molecule has 1 aliphatic heterocycles. The van der Waals surface area contributed by atoms with Crippen LogP contribution in [0, 0.1) is 19.8 Å². The van der Waals surface area contributed by atoms with Crippen LogP contribution in [0.4, 0.5) is 5.82 Å². The minimum absolute atomic E-state index is 0.146. The van der Waals surface area contributed by atoms with Crippen molar-refractivity contribution in [1.29, 1.82) is 0 Å². The second-order valence-electron chi connectivity index (χ2n) is 7.90. The zero-order valence-electron chi connectivity index (χ0n) is 16.6. The first-order chi connectivity index (χ1) is 13.1. The number of anilines is 1. The molecule has 0 spiro atoms. The molecular formula is C20H30N6O. The van der Waals surface area contributed by atoms with Crippen molar-refractivity contribution in [3.05, 3.63) is 29.2 Å². The Morgan fingerprint density at radius 1 is 1.22 bits per heavy atom. The van der Waals surface area contributed by atoms with Crippen LogP contribution in [-0.4, -0.2) is 43.5 Å². The van der Waals surface area contributed by atoms with E-state index in [9.17, 15) is 4.79 Å². The lowest BCUT2D eigenvalue weighted by Gasteiger charge is -2.32. The van der Waals surface area contributed by atoms with Gasteiger partial charge < -0.3 is 5.32 Å². The third-order valence-electron chi connectivity index (χ3n) is 5.99. The molecule has 2 fully saturated rings. The molecule has 0 radical (unpaired) electrons. The maximum atomic E-state index is 12.1. The zero-order chi connectivity index (χ0) is 19.0. The van der Waals surface area contributed by atoms with Gasteiger partial charge in [0.2, 0.25) is 5.91 Å². The molecule has 7 heteroatoms. The van der Waals surface area contributed by atoms with Crippen LogP contribution in [0.15, 0.2) is 12.3 Å². The van der Waals surface area contributed by atoms with Crippen LogP contribution >= 0.6 is 0 Å². The fraction of sp³-hybridized carbons (Fsp3) is 0.650. The number of hydrogen-bond donors (Lipinski definition) is 1. The Kier molecular flexibility index (Phi) is 5.04. The molecule has 1 aliphatic carbocycles. The average Bonchev–Trinajstić information content (AvgIpc) is 3.38. The van der Waals surface area contributed by atoms with Gasteiger partial charge in [0.15, 0.2) is 0 Å². The number of amides is 1. The molecule has 0 bridgehead atoms. The van der Waals surface area contributed by atoms with Gasteiger partial charge in [0, 0.05) is 49.4 Å². The Balaban J connectivity index is 1.36. The van der Waals surface area contributed by atoms with Crippen LogP contribution < -0.4 is 5.32 Å². The molecule has 1 saturated carbocycles.